The van der Waals surface area contributed by atoms with Crippen LogP contribution in [0.1, 0.15) is 36.9 Å². The molecule has 3 aromatic carbocycles. The molecule has 12 nitrogen and oxygen atoms in total. The first-order valence-electron chi connectivity index (χ1n) is 15.1. The fraction of sp³-hybridized carbons (Fsp3) is 0.324. The summed E-state index contributed by atoms with van der Waals surface area (Å²) in [6.07, 6.45) is 5.00. The third kappa shape index (κ3) is 7.35. The third-order valence-electron chi connectivity index (χ3n) is 8.01. The van der Waals surface area contributed by atoms with Gasteiger partial charge in [-0.05, 0) is 90.4 Å². The minimum absolute atomic E-state index is 0.214. The summed E-state index contributed by atoms with van der Waals surface area (Å²) in [5.41, 5.74) is 4.39. The number of thioether (sulfide) groups is 1. The number of hydrogen-bond acceptors (Lipinski definition) is 10. The lowest BCUT2D eigenvalue weighted by Crippen LogP contribution is -2.36. The van der Waals surface area contributed by atoms with Crippen molar-refractivity contribution in [1.29, 1.82) is 0 Å². The summed E-state index contributed by atoms with van der Waals surface area (Å²) in [5, 5.41) is 15.9. The Kier molecular flexibility index (Phi) is 10.7. The number of aromatic nitrogens is 3. The van der Waals surface area contributed by atoms with E-state index in [4.69, 9.17) is 14.2 Å². The molecule has 0 radical (unpaired) electrons. The largest absolute Gasteiger partial charge is 0.493 e. The molecule has 0 fully saturated rings. The normalized spacial score (nSPS) is 14.1. The van der Waals surface area contributed by atoms with E-state index >= 15 is 0 Å². The Morgan fingerprint density at radius 1 is 1.04 bits per heavy atom. The highest BCUT2D eigenvalue weighted by Gasteiger charge is 2.30. The Labute approximate surface area is 277 Å². The monoisotopic (exact) mass is 658 g/mol. The van der Waals surface area contributed by atoms with Crippen LogP contribution in [-0.2, 0) is 16.0 Å². The summed E-state index contributed by atoms with van der Waals surface area (Å²) < 4.78 is 17.2. The van der Waals surface area contributed by atoms with Gasteiger partial charge in [0.15, 0.2) is 17.3 Å². The molecule has 0 spiro atoms. The van der Waals surface area contributed by atoms with E-state index in [1.165, 1.54) is 26.4 Å². The number of anilines is 2. The van der Waals surface area contributed by atoms with E-state index in [9.17, 15) is 14.4 Å². The Bertz CT molecular complexity index is 1800. The average molecular weight is 659 g/mol. The molecule has 0 bridgehead atoms. The molecule has 5 rings (SSSR count). The van der Waals surface area contributed by atoms with E-state index < -0.39 is 12.1 Å². The zero-order chi connectivity index (χ0) is 33.5. The van der Waals surface area contributed by atoms with Gasteiger partial charge in [0.25, 0.3) is 0 Å². The van der Waals surface area contributed by atoms with Gasteiger partial charge < -0.3 is 30.2 Å². The van der Waals surface area contributed by atoms with Gasteiger partial charge in [-0.15, -0.1) is 0 Å². The molecule has 13 heteroatoms. The minimum Gasteiger partial charge on any atom is -0.493 e. The molecular formula is C34H38N6O6S. The second kappa shape index (κ2) is 15.0. The fourth-order valence-corrected chi connectivity index (χ4v) is 6.28. The number of carbonyl (C=O) groups excluding carboxylic acids is 2. The van der Waals surface area contributed by atoms with E-state index in [0.29, 0.717) is 64.9 Å². The number of rotatable bonds is 12. The number of benzene rings is 2. The van der Waals surface area contributed by atoms with Gasteiger partial charge in [0.05, 0.1) is 33.1 Å². The van der Waals surface area contributed by atoms with Crippen LogP contribution in [0, 0.1) is 0 Å². The summed E-state index contributed by atoms with van der Waals surface area (Å²) in [4.78, 5) is 43.9. The van der Waals surface area contributed by atoms with Crippen LogP contribution in [-0.4, -0.2) is 66.4 Å². The van der Waals surface area contributed by atoms with Gasteiger partial charge in [-0.1, -0.05) is 6.07 Å². The highest BCUT2D eigenvalue weighted by Crippen LogP contribution is 2.50. The second-order valence-electron chi connectivity index (χ2n) is 11.0. The van der Waals surface area contributed by atoms with Gasteiger partial charge in [-0.25, -0.2) is 4.98 Å². The van der Waals surface area contributed by atoms with Crippen LogP contribution < -0.4 is 35.6 Å². The summed E-state index contributed by atoms with van der Waals surface area (Å²) >= 11 is 1.61. The molecule has 4 aromatic rings. The van der Waals surface area contributed by atoms with E-state index in [1.807, 2.05) is 30.5 Å². The van der Waals surface area contributed by atoms with Crippen LogP contribution in [0.4, 0.5) is 11.4 Å². The topological polar surface area (TPSA) is 157 Å². The number of aryl methyl sites for hydroxylation is 1. The number of hydrogen-bond donors (Lipinski definition) is 4. The maximum Gasteiger partial charge on any atom is 0.246 e. The molecule has 0 saturated heterocycles. The second-order valence-corrected chi connectivity index (χ2v) is 12.0. The molecule has 2 unspecified atom stereocenters. The number of nitrogens with one attached hydrogen (secondary N) is 4. The number of carbonyl (C=O) groups is 2. The number of nitrogens with zero attached hydrogens (tertiary/aromatic N) is 2. The van der Waals surface area contributed by atoms with Crippen molar-refractivity contribution >= 4 is 35.0 Å². The third-order valence-corrected chi connectivity index (χ3v) is 8.66. The van der Waals surface area contributed by atoms with E-state index in [0.717, 1.165) is 16.7 Å². The van der Waals surface area contributed by atoms with Gasteiger partial charge in [0.2, 0.25) is 23.0 Å². The number of methoxy groups -OCH3 is 3. The van der Waals surface area contributed by atoms with E-state index in [2.05, 4.69) is 31.1 Å². The van der Waals surface area contributed by atoms with Crippen molar-refractivity contribution in [3.8, 4) is 39.8 Å². The van der Waals surface area contributed by atoms with Crippen molar-refractivity contribution in [2.45, 2.75) is 38.3 Å². The quantitative estimate of drug-likeness (QED) is 0.166. The minimum atomic E-state index is -0.705. The van der Waals surface area contributed by atoms with Gasteiger partial charge in [-0.2, -0.15) is 16.9 Å². The first-order valence-corrected chi connectivity index (χ1v) is 16.5. The lowest BCUT2D eigenvalue weighted by Gasteiger charge is -2.19. The van der Waals surface area contributed by atoms with E-state index in [-0.39, 0.29) is 22.9 Å². The van der Waals surface area contributed by atoms with Gasteiger partial charge in [0.1, 0.15) is 12.4 Å². The lowest BCUT2D eigenvalue weighted by atomic mass is 9.95. The number of ether oxygens (including phenoxy) is 3. The van der Waals surface area contributed by atoms with Crippen molar-refractivity contribution in [3.63, 3.8) is 0 Å². The fourth-order valence-electron chi connectivity index (χ4n) is 5.80. The zero-order valence-corrected chi connectivity index (χ0v) is 27.7. The molecule has 1 aromatic heterocycles. The molecule has 1 heterocycles. The number of H-pyrrole nitrogens is 1. The maximum atomic E-state index is 13.9. The Balaban J connectivity index is 1.53. The first-order chi connectivity index (χ1) is 22.8. The molecule has 2 amide bonds. The van der Waals surface area contributed by atoms with Crippen LogP contribution in [0.3, 0.4) is 0 Å². The molecule has 0 aliphatic heterocycles. The number of fused-ring (bicyclic) bond motifs is 3. The van der Waals surface area contributed by atoms with E-state index in [1.54, 1.807) is 44.2 Å². The SMILES string of the molecule is COc1cc2c(c(OC)c1OC)-c1ccc(NC(CCSC)C(=O)Nc3ccc(-c4ncn[nH]4)cc3)c(=O)cc1C(NC(C)=O)CC2. The predicted molar refractivity (Wildman–Crippen MR) is 184 cm³/mol. The van der Waals surface area contributed by atoms with Crippen LogP contribution in [0.25, 0.3) is 22.5 Å². The number of amides is 2. The summed E-state index contributed by atoms with van der Waals surface area (Å²) in [6.45, 7) is 1.45. The van der Waals surface area contributed by atoms with Gasteiger partial charge >= 0.3 is 0 Å². The van der Waals surface area contributed by atoms with Crippen LogP contribution >= 0.6 is 11.8 Å². The lowest BCUT2D eigenvalue weighted by molar-refractivity contribution is -0.120. The molecular weight excluding hydrogens is 620 g/mol. The summed E-state index contributed by atoms with van der Waals surface area (Å²) in [5.74, 6) is 2.23. The molecule has 47 heavy (non-hydrogen) atoms. The van der Waals surface area contributed by atoms with Crippen molar-refractivity contribution in [3.05, 3.63) is 76.2 Å². The first kappa shape index (κ1) is 33.3. The molecule has 0 saturated carbocycles. The van der Waals surface area contributed by atoms with Crippen molar-refractivity contribution < 1.29 is 23.8 Å². The number of aromatic amines is 1. The average Bonchev–Trinajstić information content (AvgIpc) is 3.51. The van der Waals surface area contributed by atoms with Crippen LogP contribution in [0.5, 0.6) is 17.2 Å². The van der Waals surface area contributed by atoms with Crippen LogP contribution in [0.2, 0.25) is 0 Å². The smallest absolute Gasteiger partial charge is 0.246 e. The Hall–Kier alpha value is -5.04. The van der Waals surface area contributed by atoms with Crippen molar-refractivity contribution in [2.24, 2.45) is 0 Å². The van der Waals surface area contributed by atoms with Crippen LogP contribution in [0.15, 0.2) is 59.7 Å². The molecule has 4 N–H and O–H groups in total. The zero-order valence-electron chi connectivity index (χ0n) is 26.9. The Morgan fingerprint density at radius 3 is 2.45 bits per heavy atom. The van der Waals surface area contributed by atoms with Gasteiger partial charge in [-0.3, -0.25) is 19.5 Å². The molecule has 1 aliphatic carbocycles. The summed E-state index contributed by atoms with van der Waals surface area (Å²) in [6, 6.07) is 13.1. The van der Waals surface area contributed by atoms with Crippen molar-refractivity contribution in [2.75, 3.05) is 44.0 Å². The molecule has 246 valence electrons. The Morgan fingerprint density at radius 2 is 1.81 bits per heavy atom. The van der Waals surface area contributed by atoms with Gasteiger partial charge in [0, 0.05) is 23.7 Å². The maximum absolute atomic E-state index is 13.9. The molecule has 1 aliphatic rings. The highest BCUT2D eigenvalue weighted by atomic mass is 32.2. The standard InChI is InChI=1S/C34H38N6O6S/c1-19(41)37-25-12-8-21-16-29(44-2)31(45-3)32(46-4)30(21)23-11-13-26(28(42)17-24(23)25)39-27(14-15-47-5)34(43)38-22-9-6-20(7-10-22)33-35-18-36-40-33/h6-7,9-11,13,16-18,25,27H,8,12,14-15H2,1-5H3,(H,37,41)(H,38,43)(H,39,42)(H,35,36,40). The highest BCUT2D eigenvalue weighted by molar-refractivity contribution is 7.98. The predicted octanol–water partition coefficient (Wildman–Crippen LogP) is 4.82. The summed E-state index contributed by atoms with van der Waals surface area (Å²) in [7, 11) is 4.66. The van der Waals surface area contributed by atoms with Crippen molar-refractivity contribution in [1.82, 2.24) is 20.5 Å². The molecule has 2 atom stereocenters.